The molecule has 3 saturated heterocycles. The van der Waals surface area contributed by atoms with Crippen LogP contribution in [0.25, 0.3) is 0 Å². The Bertz CT molecular complexity index is 761. The predicted octanol–water partition coefficient (Wildman–Crippen LogP) is 2.43. The van der Waals surface area contributed by atoms with Crippen molar-refractivity contribution in [2.75, 3.05) is 50.7 Å². The van der Waals surface area contributed by atoms with E-state index in [9.17, 15) is 26.7 Å². The molecule has 0 bridgehead atoms. The van der Waals surface area contributed by atoms with E-state index in [1.165, 1.54) is 17.0 Å². The molecule has 30 heavy (non-hydrogen) atoms. The van der Waals surface area contributed by atoms with Gasteiger partial charge in [0.05, 0.1) is 18.2 Å². The number of rotatable bonds is 3. The van der Waals surface area contributed by atoms with Gasteiger partial charge in [-0.05, 0) is 30.7 Å². The number of amides is 1. The lowest BCUT2D eigenvalue weighted by molar-refractivity contribution is -0.137. The summed E-state index contributed by atoms with van der Waals surface area (Å²) < 4.78 is 64.9. The maximum Gasteiger partial charge on any atom is 0.416 e. The van der Waals surface area contributed by atoms with Gasteiger partial charge in [-0.15, -0.1) is 0 Å². The Labute approximate surface area is 171 Å². The highest BCUT2D eigenvalue weighted by molar-refractivity contribution is 5.82. The van der Waals surface area contributed by atoms with E-state index in [0.717, 1.165) is 30.9 Å². The third-order valence-corrected chi connectivity index (χ3v) is 6.28. The average molecular weight is 432 g/mol. The Kier molecular flexibility index (Phi) is 5.65. The quantitative estimate of drug-likeness (QED) is 0.745. The molecule has 1 amide bonds. The van der Waals surface area contributed by atoms with Gasteiger partial charge in [-0.2, -0.15) is 13.2 Å². The second kappa shape index (κ2) is 7.96. The number of hydrogen-bond donors (Lipinski definition) is 1. The first-order valence-corrected chi connectivity index (χ1v) is 10.2. The molecule has 3 heterocycles. The fourth-order valence-electron chi connectivity index (χ4n) is 4.53. The van der Waals surface area contributed by atoms with Gasteiger partial charge < -0.3 is 15.1 Å². The standard InChI is InChI=1S/C20H25F5N4O/c21-19(22)5-6-29(13-19)18(30)17-11-16(12-26-17)28-9-7-27(8-10-28)15-3-1-14(2-4-15)20(23,24)25/h1-4,16-17,26H,5-13H2/t16-,17-/m0/s1. The number of anilines is 1. The van der Waals surface area contributed by atoms with Crippen molar-refractivity contribution in [3.05, 3.63) is 29.8 Å². The van der Waals surface area contributed by atoms with Gasteiger partial charge in [-0.3, -0.25) is 9.69 Å². The summed E-state index contributed by atoms with van der Waals surface area (Å²) in [7, 11) is 0. The molecule has 3 aliphatic rings. The molecule has 0 aromatic heterocycles. The maximum absolute atomic E-state index is 13.4. The summed E-state index contributed by atoms with van der Waals surface area (Å²) in [5.74, 6) is -3.04. The highest BCUT2D eigenvalue weighted by atomic mass is 19.4. The molecule has 0 spiro atoms. The van der Waals surface area contributed by atoms with Crippen LogP contribution in [0.5, 0.6) is 0 Å². The maximum atomic E-state index is 13.4. The topological polar surface area (TPSA) is 38.8 Å². The number of likely N-dealkylation sites (tertiary alicyclic amines) is 1. The first-order valence-electron chi connectivity index (χ1n) is 10.2. The van der Waals surface area contributed by atoms with Crippen molar-refractivity contribution in [1.29, 1.82) is 0 Å². The first kappa shape index (κ1) is 21.3. The monoisotopic (exact) mass is 432 g/mol. The molecule has 1 aromatic rings. The van der Waals surface area contributed by atoms with Crippen LogP contribution in [0.1, 0.15) is 18.4 Å². The number of nitrogens with zero attached hydrogens (tertiary/aromatic N) is 3. The van der Waals surface area contributed by atoms with Gasteiger partial charge in [0.2, 0.25) is 5.91 Å². The second-order valence-electron chi connectivity index (χ2n) is 8.28. The minimum Gasteiger partial charge on any atom is -0.369 e. The average Bonchev–Trinajstić information content (AvgIpc) is 3.34. The van der Waals surface area contributed by atoms with Crippen LogP contribution in [0.3, 0.4) is 0 Å². The van der Waals surface area contributed by atoms with Crippen LogP contribution in [0.4, 0.5) is 27.6 Å². The fourth-order valence-corrected chi connectivity index (χ4v) is 4.53. The van der Waals surface area contributed by atoms with Crippen molar-refractivity contribution in [2.24, 2.45) is 0 Å². The first-order chi connectivity index (χ1) is 14.1. The largest absolute Gasteiger partial charge is 0.416 e. The van der Waals surface area contributed by atoms with Gasteiger partial charge in [0, 0.05) is 57.4 Å². The van der Waals surface area contributed by atoms with Crippen molar-refractivity contribution in [3.63, 3.8) is 0 Å². The Morgan fingerprint density at radius 1 is 1.03 bits per heavy atom. The van der Waals surface area contributed by atoms with Gasteiger partial charge in [0.25, 0.3) is 5.92 Å². The SMILES string of the molecule is O=C([C@@H]1C[C@H](N2CCN(c3ccc(C(F)(F)F)cc3)CC2)CN1)N1CCC(F)(F)C1. The Morgan fingerprint density at radius 3 is 2.27 bits per heavy atom. The van der Waals surface area contributed by atoms with E-state index in [1.54, 1.807) is 0 Å². The summed E-state index contributed by atoms with van der Waals surface area (Å²) in [4.78, 5) is 18.1. The molecule has 3 fully saturated rings. The second-order valence-corrected chi connectivity index (χ2v) is 8.28. The lowest BCUT2D eigenvalue weighted by Crippen LogP contribution is -2.51. The van der Waals surface area contributed by atoms with Crippen molar-refractivity contribution >= 4 is 11.6 Å². The number of carbonyl (C=O) groups is 1. The van der Waals surface area contributed by atoms with Crippen molar-refractivity contribution in [1.82, 2.24) is 15.1 Å². The molecule has 2 atom stereocenters. The summed E-state index contributed by atoms with van der Waals surface area (Å²) in [6.07, 6.45) is -4.03. The van der Waals surface area contributed by atoms with Crippen LogP contribution >= 0.6 is 0 Å². The molecule has 10 heteroatoms. The van der Waals surface area contributed by atoms with Gasteiger partial charge in [0.1, 0.15) is 0 Å². The van der Waals surface area contributed by atoms with E-state index in [-0.39, 0.29) is 24.9 Å². The highest BCUT2D eigenvalue weighted by Gasteiger charge is 2.43. The molecule has 5 nitrogen and oxygen atoms in total. The Hall–Kier alpha value is -1.94. The number of piperazine rings is 1. The number of carbonyl (C=O) groups excluding carboxylic acids is 1. The van der Waals surface area contributed by atoms with Crippen LogP contribution in [0.2, 0.25) is 0 Å². The molecular formula is C20H25F5N4O. The Balaban J connectivity index is 1.27. The van der Waals surface area contributed by atoms with Gasteiger partial charge in [-0.25, -0.2) is 8.78 Å². The lowest BCUT2D eigenvalue weighted by atomic mass is 10.1. The molecule has 0 aliphatic carbocycles. The van der Waals surface area contributed by atoms with Crippen LogP contribution in [0, 0.1) is 0 Å². The number of halogens is 5. The van der Waals surface area contributed by atoms with E-state index in [4.69, 9.17) is 0 Å². The summed E-state index contributed by atoms with van der Waals surface area (Å²) in [5, 5.41) is 3.17. The molecule has 3 aliphatic heterocycles. The Morgan fingerprint density at radius 2 is 1.70 bits per heavy atom. The molecule has 4 rings (SSSR count). The molecule has 1 N–H and O–H groups in total. The van der Waals surface area contributed by atoms with Crippen LogP contribution < -0.4 is 10.2 Å². The summed E-state index contributed by atoms with van der Waals surface area (Å²) in [6, 6.07) is 4.90. The smallest absolute Gasteiger partial charge is 0.369 e. The molecular weight excluding hydrogens is 407 g/mol. The third kappa shape index (κ3) is 4.54. The summed E-state index contributed by atoms with van der Waals surface area (Å²) in [6.45, 7) is 3.05. The van der Waals surface area contributed by atoms with E-state index in [2.05, 4.69) is 10.2 Å². The zero-order valence-electron chi connectivity index (χ0n) is 16.5. The molecule has 0 radical (unpaired) electrons. The van der Waals surface area contributed by atoms with Gasteiger partial charge >= 0.3 is 6.18 Å². The number of benzene rings is 1. The van der Waals surface area contributed by atoms with Gasteiger partial charge in [-0.1, -0.05) is 0 Å². The van der Waals surface area contributed by atoms with Crippen LogP contribution in [-0.4, -0.2) is 79.5 Å². The minimum atomic E-state index is -4.34. The number of hydrogen-bond acceptors (Lipinski definition) is 4. The zero-order chi connectivity index (χ0) is 21.5. The van der Waals surface area contributed by atoms with Crippen LogP contribution in [0.15, 0.2) is 24.3 Å². The summed E-state index contributed by atoms with van der Waals surface area (Å²) in [5.41, 5.74) is 0.101. The number of alkyl halides is 5. The van der Waals surface area contributed by atoms with E-state index >= 15 is 0 Å². The minimum absolute atomic E-state index is 0.0977. The molecule has 166 valence electrons. The lowest BCUT2D eigenvalue weighted by Gasteiger charge is -2.39. The summed E-state index contributed by atoms with van der Waals surface area (Å²) >= 11 is 0. The third-order valence-electron chi connectivity index (χ3n) is 6.28. The molecule has 1 aromatic carbocycles. The van der Waals surface area contributed by atoms with Crippen molar-refractivity contribution in [2.45, 2.75) is 37.0 Å². The van der Waals surface area contributed by atoms with E-state index < -0.39 is 30.2 Å². The highest BCUT2D eigenvalue weighted by Crippen LogP contribution is 2.31. The molecule has 0 saturated carbocycles. The predicted molar refractivity (Wildman–Crippen MR) is 102 cm³/mol. The number of nitrogens with one attached hydrogen (secondary N) is 1. The van der Waals surface area contributed by atoms with E-state index in [1.807, 2.05) is 4.90 Å². The van der Waals surface area contributed by atoms with Crippen LogP contribution in [-0.2, 0) is 11.0 Å². The van der Waals surface area contributed by atoms with Gasteiger partial charge in [0.15, 0.2) is 0 Å². The molecule has 0 unspecified atom stereocenters. The van der Waals surface area contributed by atoms with Crippen molar-refractivity contribution in [3.8, 4) is 0 Å². The zero-order valence-corrected chi connectivity index (χ0v) is 16.5. The fraction of sp³-hybridized carbons (Fsp3) is 0.650. The van der Waals surface area contributed by atoms with E-state index in [0.29, 0.717) is 26.1 Å². The van der Waals surface area contributed by atoms with Crippen molar-refractivity contribution < 1.29 is 26.7 Å². The normalized spacial score (nSPS) is 27.6.